The summed E-state index contributed by atoms with van der Waals surface area (Å²) in [7, 11) is 2.01. The van der Waals surface area contributed by atoms with E-state index in [0.29, 0.717) is 0 Å². The highest BCUT2D eigenvalue weighted by Gasteiger charge is 2.10. The van der Waals surface area contributed by atoms with Crippen LogP contribution in [0.4, 0.5) is 0 Å². The maximum atomic E-state index is 3.36. The molecule has 0 amide bonds. The van der Waals surface area contributed by atoms with Crippen LogP contribution >= 0.6 is 11.8 Å². The fraction of sp³-hybridized carbons (Fsp3) is 1.00. The van der Waals surface area contributed by atoms with Crippen LogP contribution in [0, 0.1) is 0 Å². The van der Waals surface area contributed by atoms with Crippen LogP contribution in [0.1, 0.15) is 0 Å². The quantitative estimate of drug-likeness (QED) is 0.569. The molecule has 1 rings (SSSR count). The Morgan fingerprint density at radius 2 is 2.67 bits per heavy atom. The van der Waals surface area contributed by atoms with Gasteiger partial charge in [-0.2, -0.15) is 11.8 Å². The lowest BCUT2D eigenvalue weighted by atomic mass is 10.4. The van der Waals surface area contributed by atoms with Gasteiger partial charge in [-0.05, 0) is 7.05 Å². The second-order valence-electron chi connectivity index (χ2n) is 2.25. The zero-order valence-electron chi connectivity index (χ0n) is 5.81. The first-order chi connectivity index (χ1) is 4.43. The second-order valence-corrected chi connectivity index (χ2v) is 3.66. The van der Waals surface area contributed by atoms with E-state index in [0.717, 1.165) is 11.8 Å². The molecule has 1 heterocycles. The average Bonchev–Trinajstić information content (AvgIpc) is 1.91. The van der Waals surface area contributed by atoms with Crippen LogP contribution in [-0.4, -0.2) is 37.7 Å². The fourth-order valence-corrected chi connectivity index (χ4v) is 2.09. The van der Waals surface area contributed by atoms with Crippen molar-refractivity contribution in [3.05, 3.63) is 0 Å². The fourth-order valence-electron chi connectivity index (χ4n) is 0.979. The van der Waals surface area contributed by atoms with Crippen LogP contribution in [-0.2, 0) is 0 Å². The molecule has 2 N–H and O–H groups in total. The largest absolute Gasteiger partial charge is 0.319 e. The molecule has 1 unspecified atom stereocenters. The van der Waals surface area contributed by atoms with E-state index in [1.54, 1.807) is 0 Å². The lowest BCUT2D eigenvalue weighted by Gasteiger charge is -2.21. The molecule has 0 aromatic heterocycles. The van der Waals surface area contributed by atoms with Crippen molar-refractivity contribution in [3.8, 4) is 0 Å². The van der Waals surface area contributed by atoms with Gasteiger partial charge in [0.15, 0.2) is 0 Å². The molecule has 3 heteroatoms. The lowest BCUT2D eigenvalue weighted by molar-refractivity contribution is 0.639. The molecule has 2 nitrogen and oxygen atoms in total. The highest BCUT2D eigenvalue weighted by atomic mass is 32.2. The monoisotopic (exact) mass is 146 g/mol. The van der Waals surface area contributed by atoms with Gasteiger partial charge in [-0.15, -0.1) is 0 Å². The Labute approximate surface area is 60.8 Å². The van der Waals surface area contributed by atoms with Gasteiger partial charge in [0.1, 0.15) is 0 Å². The number of rotatable bonds is 2. The van der Waals surface area contributed by atoms with Crippen LogP contribution in [0.5, 0.6) is 0 Å². The maximum Gasteiger partial charge on any atom is 0.0297 e. The highest BCUT2D eigenvalue weighted by Crippen LogP contribution is 2.11. The van der Waals surface area contributed by atoms with E-state index in [-0.39, 0.29) is 0 Å². The van der Waals surface area contributed by atoms with Gasteiger partial charge in [0.25, 0.3) is 0 Å². The first-order valence-corrected chi connectivity index (χ1v) is 4.45. The molecule has 1 aliphatic rings. The van der Waals surface area contributed by atoms with Gasteiger partial charge in [-0.1, -0.05) is 0 Å². The minimum absolute atomic E-state index is 0.795. The minimum Gasteiger partial charge on any atom is -0.319 e. The molecule has 0 aliphatic carbocycles. The zero-order valence-corrected chi connectivity index (χ0v) is 6.63. The molecule has 0 radical (unpaired) electrons. The predicted molar refractivity (Wildman–Crippen MR) is 43.0 cm³/mol. The third-order valence-electron chi connectivity index (χ3n) is 1.44. The second kappa shape index (κ2) is 4.14. The molecule has 9 heavy (non-hydrogen) atoms. The summed E-state index contributed by atoms with van der Waals surface area (Å²) in [6, 6.07) is 0. The molecule has 0 aromatic rings. The number of hydrogen-bond donors (Lipinski definition) is 2. The van der Waals surface area contributed by atoms with Crippen LogP contribution in [0.15, 0.2) is 0 Å². The van der Waals surface area contributed by atoms with Crippen LogP contribution in [0.3, 0.4) is 0 Å². The summed E-state index contributed by atoms with van der Waals surface area (Å²) in [6.07, 6.45) is 0. The summed E-state index contributed by atoms with van der Waals surface area (Å²) < 4.78 is 0. The predicted octanol–water partition coefficient (Wildman–Crippen LogP) is -0.0892. The Morgan fingerprint density at radius 1 is 1.78 bits per heavy atom. The molecular formula is C6H14N2S. The van der Waals surface area contributed by atoms with Gasteiger partial charge in [0.05, 0.1) is 0 Å². The Bertz CT molecular complexity index is 68.7. The van der Waals surface area contributed by atoms with E-state index in [4.69, 9.17) is 0 Å². The van der Waals surface area contributed by atoms with Crippen molar-refractivity contribution in [1.29, 1.82) is 0 Å². The van der Waals surface area contributed by atoms with E-state index in [9.17, 15) is 0 Å². The normalized spacial score (nSPS) is 28.3. The molecule has 0 aromatic carbocycles. The Kier molecular flexibility index (Phi) is 3.40. The minimum atomic E-state index is 0.795. The summed E-state index contributed by atoms with van der Waals surface area (Å²) in [5.41, 5.74) is 0. The zero-order chi connectivity index (χ0) is 6.53. The van der Waals surface area contributed by atoms with Crippen molar-refractivity contribution in [3.63, 3.8) is 0 Å². The van der Waals surface area contributed by atoms with Gasteiger partial charge >= 0.3 is 0 Å². The molecule has 1 fully saturated rings. The van der Waals surface area contributed by atoms with E-state index >= 15 is 0 Å². The topological polar surface area (TPSA) is 24.1 Å². The lowest BCUT2D eigenvalue weighted by Crippen LogP contribution is -2.37. The third-order valence-corrected chi connectivity index (χ3v) is 2.68. The Balaban J connectivity index is 2.08. The van der Waals surface area contributed by atoms with E-state index in [1.165, 1.54) is 18.8 Å². The molecule has 0 spiro atoms. The first-order valence-electron chi connectivity index (χ1n) is 3.40. The SMILES string of the molecule is CNCC1CNCCS1. The standard InChI is InChI=1S/C6H14N2S/c1-7-4-6-5-8-2-3-9-6/h6-8H,2-5H2,1H3. The van der Waals surface area contributed by atoms with Gasteiger partial charge in [0, 0.05) is 30.6 Å². The number of hydrogen-bond acceptors (Lipinski definition) is 3. The molecule has 54 valence electrons. The molecule has 1 saturated heterocycles. The molecule has 0 saturated carbocycles. The van der Waals surface area contributed by atoms with Crippen LogP contribution in [0.25, 0.3) is 0 Å². The van der Waals surface area contributed by atoms with Crippen LogP contribution in [0.2, 0.25) is 0 Å². The van der Waals surface area contributed by atoms with Gasteiger partial charge in [-0.3, -0.25) is 0 Å². The van der Waals surface area contributed by atoms with Crippen molar-refractivity contribution in [1.82, 2.24) is 10.6 Å². The summed E-state index contributed by atoms with van der Waals surface area (Å²) in [5, 5.41) is 7.33. The number of nitrogens with one attached hydrogen (secondary N) is 2. The Morgan fingerprint density at radius 3 is 3.22 bits per heavy atom. The molecule has 1 atom stereocenters. The Hall–Kier alpha value is 0.270. The maximum absolute atomic E-state index is 3.36. The van der Waals surface area contributed by atoms with Crippen molar-refractivity contribution in [2.45, 2.75) is 5.25 Å². The van der Waals surface area contributed by atoms with E-state index in [1.807, 2.05) is 7.05 Å². The van der Waals surface area contributed by atoms with Crippen molar-refractivity contribution >= 4 is 11.8 Å². The molecule has 1 aliphatic heterocycles. The average molecular weight is 146 g/mol. The smallest absolute Gasteiger partial charge is 0.0297 e. The van der Waals surface area contributed by atoms with Crippen molar-refractivity contribution < 1.29 is 0 Å². The summed E-state index contributed by atoms with van der Waals surface area (Å²) in [5.74, 6) is 1.27. The highest BCUT2D eigenvalue weighted by molar-refractivity contribution is 8.00. The van der Waals surface area contributed by atoms with Crippen molar-refractivity contribution in [2.24, 2.45) is 0 Å². The van der Waals surface area contributed by atoms with E-state index in [2.05, 4.69) is 22.4 Å². The molecule has 0 bridgehead atoms. The number of thioether (sulfide) groups is 1. The molecular weight excluding hydrogens is 132 g/mol. The van der Waals surface area contributed by atoms with Crippen LogP contribution < -0.4 is 10.6 Å². The summed E-state index contributed by atoms with van der Waals surface area (Å²) in [4.78, 5) is 0. The van der Waals surface area contributed by atoms with Gasteiger partial charge in [0.2, 0.25) is 0 Å². The first kappa shape index (κ1) is 7.38. The summed E-state index contributed by atoms with van der Waals surface area (Å²) in [6.45, 7) is 3.49. The van der Waals surface area contributed by atoms with Gasteiger partial charge in [-0.25, -0.2) is 0 Å². The summed E-state index contributed by atoms with van der Waals surface area (Å²) >= 11 is 2.06. The van der Waals surface area contributed by atoms with E-state index < -0.39 is 0 Å². The van der Waals surface area contributed by atoms with Crippen molar-refractivity contribution in [2.75, 3.05) is 32.4 Å². The van der Waals surface area contributed by atoms with Gasteiger partial charge < -0.3 is 10.6 Å². The third kappa shape index (κ3) is 2.56.